The fraction of sp³-hybridized carbons (Fsp3) is 0.632. The number of aliphatic hydroxyl groups is 1. The quantitative estimate of drug-likeness (QED) is 0.926. The largest absolute Gasteiger partial charge is 0.396 e. The molecule has 2 fully saturated rings. The molecule has 0 aliphatic carbocycles. The number of amides is 1. The van der Waals surface area contributed by atoms with Crippen LogP contribution in [0.25, 0.3) is 0 Å². The van der Waals surface area contributed by atoms with Crippen molar-refractivity contribution in [3.8, 4) is 0 Å². The summed E-state index contributed by atoms with van der Waals surface area (Å²) in [4.78, 5) is 14.6. The number of fused-ring (bicyclic) bond motifs is 1. The van der Waals surface area contributed by atoms with Gasteiger partial charge < -0.3 is 14.7 Å². The SMILES string of the molecule is CC(C)c1ccc(CC(=O)N2C[C@@H]3CCOC[C@]3(CO)C2)cc1. The lowest BCUT2D eigenvalue weighted by Crippen LogP contribution is -2.43. The Morgan fingerprint density at radius 2 is 2.13 bits per heavy atom. The molecule has 2 heterocycles. The molecule has 1 amide bonds. The zero-order valence-electron chi connectivity index (χ0n) is 14.1. The second-order valence-electron chi connectivity index (χ2n) is 7.41. The third-order valence-electron chi connectivity index (χ3n) is 5.48. The van der Waals surface area contributed by atoms with Gasteiger partial charge in [0.25, 0.3) is 0 Å². The maximum Gasteiger partial charge on any atom is 0.227 e. The molecular weight excluding hydrogens is 290 g/mol. The van der Waals surface area contributed by atoms with E-state index in [1.807, 2.05) is 4.90 Å². The normalized spacial score (nSPS) is 27.3. The van der Waals surface area contributed by atoms with Crippen molar-refractivity contribution >= 4 is 5.91 Å². The van der Waals surface area contributed by atoms with Crippen LogP contribution in [-0.2, 0) is 16.0 Å². The van der Waals surface area contributed by atoms with Crippen molar-refractivity contribution in [2.24, 2.45) is 11.3 Å². The van der Waals surface area contributed by atoms with Crippen molar-refractivity contribution in [2.45, 2.75) is 32.6 Å². The second-order valence-corrected chi connectivity index (χ2v) is 7.41. The van der Waals surface area contributed by atoms with Crippen LogP contribution >= 0.6 is 0 Å². The van der Waals surface area contributed by atoms with Gasteiger partial charge in [0.2, 0.25) is 5.91 Å². The first-order valence-corrected chi connectivity index (χ1v) is 8.59. The zero-order valence-corrected chi connectivity index (χ0v) is 14.1. The smallest absolute Gasteiger partial charge is 0.227 e. The molecule has 1 aromatic carbocycles. The first-order valence-electron chi connectivity index (χ1n) is 8.59. The Bertz CT molecular complexity index is 554. The second kappa shape index (κ2) is 6.62. The third kappa shape index (κ3) is 3.29. The van der Waals surface area contributed by atoms with Crippen LogP contribution < -0.4 is 0 Å². The summed E-state index contributed by atoms with van der Waals surface area (Å²) < 4.78 is 5.56. The fourth-order valence-electron chi connectivity index (χ4n) is 3.82. The minimum Gasteiger partial charge on any atom is -0.396 e. The van der Waals surface area contributed by atoms with E-state index in [0.29, 0.717) is 31.4 Å². The molecule has 4 heteroatoms. The maximum absolute atomic E-state index is 12.6. The Kier molecular flexibility index (Phi) is 4.74. The number of benzene rings is 1. The van der Waals surface area contributed by atoms with Crippen LogP contribution in [0.2, 0.25) is 0 Å². The Morgan fingerprint density at radius 3 is 2.74 bits per heavy atom. The highest BCUT2D eigenvalue weighted by Crippen LogP contribution is 2.41. The van der Waals surface area contributed by atoms with Crippen LogP contribution in [0.5, 0.6) is 0 Å². The molecule has 0 spiro atoms. The first-order chi connectivity index (χ1) is 11.0. The van der Waals surface area contributed by atoms with Crippen LogP contribution in [0, 0.1) is 11.3 Å². The molecule has 0 bridgehead atoms. The average molecular weight is 317 g/mol. The van der Waals surface area contributed by atoms with E-state index in [-0.39, 0.29) is 17.9 Å². The summed E-state index contributed by atoms with van der Waals surface area (Å²) in [5.74, 6) is 1.03. The molecule has 4 nitrogen and oxygen atoms in total. The number of ether oxygens (including phenoxy) is 1. The van der Waals surface area contributed by atoms with E-state index in [4.69, 9.17) is 4.74 Å². The summed E-state index contributed by atoms with van der Waals surface area (Å²) in [6.07, 6.45) is 1.38. The molecule has 126 valence electrons. The summed E-state index contributed by atoms with van der Waals surface area (Å²) >= 11 is 0. The molecule has 3 rings (SSSR count). The van der Waals surface area contributed by atoms with Gasteiger partial charge in [-0.15, -0.1) is 0 Å². The Morgan fingerprint density at radius 1 is 1.39 bits per heavy atom. The van der Waals surface area contributed by atoms with Gasteiger partial charge in [0.05, 0.1) is 19.6 Å². The standard InChI is InChI=1S/C19H27NO3/c1-14(2)16-5-3-15(4-6-16)9-18(22)20-10-17-7-8-23-13-19(17,11-20)12-21/h3-6,14,17,21H,7-13H2,1-2H3/t17-,19+/m0/s1. The molecule has 0 saturated carbocycles. The summed E-state index contributed by atoms with van der Waals surface area (Å²) in [5.41, 5.74) is 2.11. The van der Waals surface area contributed by atoms with Gasteiger partial charge in [-0.3, -0.25) is 4.79 Å². The summed E-state index contributed by atoms with van der Waals surface area (Å²) in [6.45, 7) is 7.13. The van der Waals surface area contributed by atoms with Gasteiger partial charge >= 0.3 is 0 Å². The zero-order chi connectivity index (χ0) is 16.4. The number of hydrogen-bond donors (Lipinski definition) is 1. The van der Waals surface area contributed by atoms with E-state index in [9.17, 15) is 9.90 Å². The average Bonchev–Trinajstić information content (AvgIpc) is 2.95. The van der Waals surface area contributed by atoms with E-state index in [0.717, 1.165) is 25.1 Å². The van der Waals surface area contributed by atoms with Gasteiger partial charge in [0.1, 0.15) is 0 Å². The van der Waals surface area contributed by atoms with E-state index in [1.54, 1.807) is 0 Å². The number of aliphatic hydroxyl groups excluding tert-OH is 1. The van der Waals surface area contributed by atoms with Crippen molar-refractivity contribution in [3.05, 3.63) is 35.4 Å². The molecule has 0 aromatic heterocycles. The van der Waals surface area contributed by atoms with Crippen molar-refractivity contribution in [1.29, 1.82) is 0 Å². The summed E-state index contributed by atoms with van der Waals surface area (Å²) in [5, 5.41) is 9.81. The van der Waals surface area contributed by atoms with Gasteiger partial charge in [-0.25, -0.2) is 0 Å². The van der Waals surface area contributed by atoms with Crippen LogP contribution in [0.1, 0.15) is 37.3 Å². The molecule has 0 radical (unpaired) electrons. The van der Waals surface area contributed by atoms with Gasteiger partial charge in [0, 0.05) is 25.1 Å². The van der Waals surface area contributed by atoms with Crippen molar-refractivity contribution in [2.75, 3.05) is 32.9 Å². The van der Waals surface area contributed by atoms with E-state index < -0.39 is 0 Å². The molecular formula is C19H27NO3. The Balaban J connectivity index is 1.65. The molecule has 2 aliphatic heterocycles. The Hall–Kier alpha value is -1.39. The van der Waals surface area contributed by atoms with Crippen LogP contribution in [-0.4, -0.2) is 48.8 Å². The summed E-state index contributed by atoms with van der Waals surface area (Å²) in [6, 6.07) is 8.34. The Labute approximate surface area is 138 Å². The van der Waals surface area contributed by atoms with Crippen molar-refractivity contribution in [3.63, 3.8) is 0 Å². The molecule has 23 heavy (non-hydrogen) atoms. The van der Waals surface area contributed by atoms with E-state index in [1.165, 1.54) is 5.56 Å². The minimum absolute atomic E-state index is 0.102. The molecule has 1 N–H and O–H groups in total. The van der Waals surface area contributed by atoms with Crippen LogP contribution in [0.4, 0.5) is 0 Å². The van der Waals surface area contributed by atoms with E-state index >= 15 is 0 Å². The fourth-order valence-corrected chi connectivity index (χ4v) is 3.82. The van der Waals surface area contributed by atoms with Crippen molar-refractivity contribution in [1.82, 2.24) is 4.90 Å². The number of rotatable bonds is 4. The molecule has 0 unspecified atom stereocenters. The topological polar surface area (TPSA) is 49.8 Å². The number of carbonyl (C=O) groups excluding carboxylic acids is 1. The lowest BCUT2D eigenvalue weighted by molar-refractivity contribution is -0.130. The lowest BCUT2D eigenvalue weighted by Gasteiger charge is -2.36. The van der Waals surface area contributed by atoms with Gasteiger partial charge in [-0.2, -0.15) is 0 Å². The van der Waals surface area contributed by atoms with E-state index in [2.05, 4.69) is 38.1 Å². The first kappa shape index (κ1) is 16.5. The third-order valence-corrected chi connectivity index (χ3v) is 5.48. The molecule has 2 saturated heterocycles. The highest BCUT2D eigenvalue weighted by Gasteiger charge is 2.49. The predicted octanol–water partition coefficient (Wildman–Crippen LogP) is 2.21. The number of likely N-dealkylation sites (tertiary alicyclic amines) is 1. The van der Waals surface area contributed by atoms with Gasteiger partial charge in [0.15, 0.2) is 0 Å². The van der Waals surface area contributed by atoms with Crippen LogP contribution in [0.15, 0.2) is 24.3 Å². The lowest BCUT2D eigenvalue weighted by atomic mass is 9.76. The molecule has 1 aromatic rings. The predicted molar refractivity (Wildman–Crippen MR) is 89.3 cm³/mol. The maximum atomic E-state index is 12.6. The molecule has 2 aliphatic rings. The van der Waals surface area contributed by atoms with Crippen LogP contribution in [0.3, 0.4) is 0 Å². The highest BCUT2D eigenvalue weighted by molar-refractivity contribution is 5.79. The monoisotopic (exact) mass is 317 g/mol. The minimum atomic E-state index is -0.241. The van der Waals surface area contributed by atoms with Crippen molar-refractivity contribution < 1.29 is 14.6 Å². The van der Waals surface area contributed by atoms with Gasteiger partial charge in [-0.05, 0) is 29.4 Å². The number of nitrogens with zero attached hydrogens (tertiary/aromatic N) is 1. The molecule has 2 atom stereocenters. The van der Waals surface area contributed by atoms with Gasteiger partial charge in [-0.1, -0.05) is 38.1 Å². The highest BCUT2D eigenvalue weighted by atomic mass is 16.5. The number of carbonyl (C=O) groups is 1. The summed E-state index contributed by atoms with van der Waals surface area (Å²) in [7, 11) is 0. The number of hydrogen-bond acceptors (Lipinski definition) is 3.